The largest absolute Gasteiger partial charge is 0.295 e. The number of carbonyl (C=O) groups excluding carboxylic acids is 2. The number of benzene rings is 1. The molecular weight excluding hydrogens is 248 g/mol. The number of Topliss-reactive ketones (excluding diaryl/α,β-unsaturated/α-hetero) is 1. The lowest BCUT2D eigenvalue weighted by Crippen LogP contribution is -2.35. The first-order valence-electron chi connectivity index (χ1n) is 5.65. The maximum absolute atomic E-state index is 11.4. The second-order valence-electron chi connectivity index (χ2n) is 4.13. The Morgan fingerprint density at radius 3 is 2.83 bits per heavy atom. The van der Waals surface area contributed by atoms with Crippen LogP contribution in [0.1, 0.15) is 11.1 Å². The molecule has 1 saturated heterocycles. The number of hydrogen-bond donors (Lipinski definition) is 0. The van der Waals surface area contributed by atoms with E-state index in [0.29, 0.717) is 17.9 Å². The van der Waals surface area contributed by atoms with Crippen LogP contribution in [-0.2, 0) is 9.59 Å². The minimum Gasteiger partial charge on any atom is -0.295 e. The van der Waals surface area contributed by atoms with E-state index in [4.69, 9.17) is 0 Å². The van der Waals surface area contributed by atoms with Gasteiger partial charge in [-0.1, -0.05) is 29.8 Å². The third kappa shape index (κ3) is 2.98. The zero-order valence-corrected chi connectivity index (χ0v) is 10.9. The molecule has 0 spiro atoms. The highest BCUT2D eigenvalue weighted by atomic mass is 32.2. The fourth-order valence-corrected chi connectivity index (χ4v) is 2.75. The Balaban J connectivity index is 2.06. The van der Waals surface area contributed by atoms with E-state index in [1.807, 2.05) is 31.2 Å². The molecule has 0 aromatic heterocycles. The van der Waals surface area contributed by atoms with E-state index >= 15 is 0 Å². The van der Waals surface area contributed by atoms with Crippen molar-refractivity contribution in [2.24, 2.45) is 5.10 Å². The van der Waals surface area contributed by atoms with Gasteiger partial charge in [-0.15, -0.1) is 11.8 Å². The second kappa shape index (κ2) is 5.82. The Hall–Kier alpha value is -1.62. The predicted molar refractivity (Wildman–Crippen MR) is 72.8 cm³/mol. The predicted octanol–water partition coefficient (Wildman–Crippen LogP) is 1.47. The number of hydrazone groups is 1. The molecule has 0 radical (unpaired) electrons. The molecule has 0 amide bonds. The van der Waals surface area contributed by atoms with Gasteiger partial charge in [-0.25, -0.2) is 0 Å². The van der Waals surface area contributed by atoms with Gasteiger partial charge in [0.1, 0.15) is 6.04 Å². The van der Waals surface area contributed by atoms with Crippen molar-refractivity contribution in [1.29, 1.82) is 0 Å². The first-order chi connectivity index (χ1) is 8.70. The molecule has 0 aliphatic carbocycles. The monoisotopic (exact) mass is 262 g/mol. The summed E-state index contributed by atoms with van der Waals surface area (Å²) >= 11 is 1.60. The van der Waals surface area contributed by atoms with Crippen molar-refractivity contribution in [3.63, 3.8) is 0 Å². The molecule has 1 heterocycles. The molecule has 1 fully saturated rings. The van der Waals surface area contributed by atoms with Gasteiger partial charge in [0.2, 0.25) is 5.78 Å². The van der Waals surface area contributed by atoms with Crippen molar-refractivity contribution in [3.8, 4) is 0 Å². The molecule has 0 saturated carbocycles. The van der Waals surface area contributed by atoms with Gasteiger partial charge >= 0.3 is 0 Å². The van der Waals surface area contributed by atoms with Crippen LogP contribution in [0.3, 0.4) is 0 Å². The number of aldehydes is 1. The maximum Gasteiger partial charge on any atom is 0.220 e. The minimum absolute atomic E-state index is 0.380. The molecule has 2 rings (SSSR count). The Morgan fingerprint density at radius 2 is 2.17 bits per heavy atom. The van der Waals surface area contributed by atoms with Crippen LogP contribution in [0.25, 0.3) is 0 Å². The molecule has 0 N–H and O–H groups in total. The summed E-state index contributed by atoms with van der Waals surface area (Å²) in [6.07, 6.45) is 2.10. The average molecular weight is 262 g/mol. The maximum atomic E-state index is 11.4. The number of ketones is 1. The zero-order valence-electron chi connectivity index (χ0n) is 10.1. The van der Waals surface area contributed by atoms with Gasteiger partial charge in [0, 0.05) is 5.75 Å². The lowest BCUT2D eigenvalue weighted by atomic mass is 10.2. The van der Waals surface area contributed by atoms with Crippen molar-refractivity contribution in [1.82, 2.24) is 5.01 Å². The van der Waals surface area contributed by atoms with Crippen LogP contribution in [0.5, 0.6) is 0 Å². The summed E-state index contributed by atoms with van der Waals surface area (Å²) in [4.78, 5) is 21.9. The van der Waals surface area contributed by atoms with Crippen molar-refractivity contribution < 1.29 is 9.59 Å². The summed E-state index contributed by atoms with van der Waals surface area (Å²) in [6.45, 7) is 2.02. The first-order valence-corrected chi connectivity index (χ1v) is 6.80. The van der Waals surface area contributed by atoms with E-state index in [2.05, 4.69) is 5.10 Å². The van der Waals surface area contributed by atoms with Gasteiger partial charge in [-0.05, 0) is 12.5 Å². The van der Waals surface area contributed by atoms with Gasteiger partial charge < -0.3 is 0 Å². The molecule has 18 heavy (non-hydrogen) atoms. The van der Waals surface area contributed by atoms with Crippen molar-refractivity contribution in [2.45, 2.75) is 13.0 Å². The first kappa shape index (κ1) is 12.8. The summed E-state index contributed by atoms with van der Waals surface area (Å²) in [5.41, 5.74) is 2.17. The summed E-state index contributed by atoms with van der Waals surface area (Å²) in [5.74, 6) is 0.871. The van der Waals surface area contributed by atoms with Crippen LogP contribution in [0.4, 0.5) is 0 Å². The molecule has 1 aliphatic heterocycles. The van der Waals surface area contributed by atoms with Gasteiger partial charge in [-0.3, -0.25) is 14.6 Å². The van der Waals surface area contributed by atoms with Gasteiger partial charge in [0.05, 0.1) is 12.1 Å². The highest BCUT2D eigenvalue weighted by molar-refractivity contribution is 7.99. The van der Waals surface area contributed by atoms with E-state index < -0.39 is 11.8 Å². The number of rotatable bonds is 4. The third-order valence-corrected chi connectivity index (χ3v) is 3.73. The quantitative estimate of drug-likeness (QED) is 0.468. The fourth-order valence-electron chi connectivity index (χ4n) is 1.65. The van der Waals surface area contributed by atoms with Crippen molar-refractivity contribution >= 4 is 30.0 Å². The van der Waals surface area contributed by atoms with Gasteiger partial charge in [0.15, 0.2) is 6.29 Å². The Labute approximate surface area is 110 Å². The molecular formula is C13H14N2O2S. The van der Waals surface area contributed by atoms with E-state index in [-0.39, 0.29) is 0 Å². The number of nitrogens with zero attached hydrogens (tertiary/aromatic N) is 2. The van der Waals surface area contributed by atoms with E-state index in [1.165, 1.54) is 5.56 Å². The lowest BCUT2D eigenvalue weighted by Gasteiger charge is -2.16. The van der Waals surface area contributed by atoms with Crippen molar-refractivity contribution in [3.05, 3.63) is 35.4 Å². The zero-order chi connectivity index (χ0) is 13.0. The molecule has 0 bridgehead atoms. The smallest absolute Gasteiger partial charge is 0.220 e. The molecule has 1 unspecified atom stereocenters. The fraction of sp³-hybridized carbons (Fsp3) is 0.308. The van der Waals surface area contributed by atoms with E-state index in [9.17, 15) is 9.59 Å². The van der Waals surface area contributed by atoms with Crippen molar-refractivity contribution in [2.75, 3.05) is 11.6 Å². The van der Waals surface area contributed by atoms with Crippen LogP contribution < -0.4 is 0 Å². The summed E-state index contributed by atoms with van der Waals surface area (Å²) in [5, 5.41) is 5.95. The highest BCUT2D eigenvalue weighted by Gasteiger charge is 2.29. The van der Waals surface area contributed by atoms with Gasteiger partial charge in [-0.2, -0.15) is 5.10 Å². The van der Waals surface area contributed by atoms with Crippen LogP contribution in [0, 0.1) is 6.92 Å². The normalized spacial score (nSPS) is 19.4. The lowest BCUT2D eigenvalue weighted by molar-refractivity contribution is -0.132. The molecule has 1 aromatic rings. The highest BCUT2D eigenvalue weighted by Crippen LogP contribution is 2.21. The topological polar surface area (TPSA) is 49.7 Å². The molecule has 1 atom stereocenters. The molecule has 5 heteroatoms. The Morgan fingerprint density at radius 1 is 1.44 bits per heavy atom. The molecule has 1 aliphatic rings. The number of carbonyl (C=O) groups is 2. The number of thioether (sulfide) groups is 1. The van der Waals surface area contributed by atoms with Gasteiger partial charge in [0.25, 0.3) is 0 Å². The molecule has 1 aromatic carbocycles. The Bertz CT molecular complexity index is 470. The standard InChI is InChI=1S/C13H14N2O2S/c1-10-2-4-11(5-3-10)6-14-15-9-18-8-12(15)13(17)7-16/h2-7,12H,8-9H2,1H3. The van der Waals surface area contributed by atoms with Crippen LogP contribution >= 0.6 is 11.8 Å². The summed E-state index contributed by atoms with van der Waals surface area (Å²) in [6, 6.07) is 7.55. The minimum atomic E-state index is -0.408. The summed E-state index contributed by atoms with van der Waals surface area (Å²) in [7, 11) is 0. The Kier molecular flexibility index (Phi) is 4.15. The number of aryl methyl sites for hydroxylation is 1. The molecule has 4 nitrogen and oxygen atoms in total. The van der Waals surface area contributed by atoms with Crippen LogP contribution in [0.2, 0.25) is 0 Å². The summed E-state index contributed by atoms with van der Waals surface area (Å²) < 4.78 is 0. The van der Waals surface area contributed by atoms with E-state index in [1.54, 1.807) is 23.0 Å². The van der Waals surface area contributed by atoms with Crippen LogP contribution in [-0.4, -0.2) is 41.0 Å². The second-order valence-corrected chi connectivity index (χ2v) is 5.13. The van der Waals surface area contributed by atoms with E-state index in [0.717, 1.165) is 5.56 Å². The average Bonchev–Trinajstić information content (AvgIpc) is 2.85. The third-order valence-electron chi connectivity index (χ3n) is 2.74. The SMILES string of the molecule is Cc1ccc(C=NN2CSCC2C(=O)C=O)cc1. The number of hydrogen-bond acceptors (Lipinski definition) is 5. The molecule has 94 valence electrons. The van der Waals surface area contributed by atoms with Crippen LogP contribution in [0.15, 0.2) is 29.4 Å².